The highest BCUT2D eigenvalue weighted by Gasteiger charge is 2.50. The third kappa shape index (κ3) is 2.98. The summed E-state index contributed by atoms with van der Waals surface area (Å²) in [6.07, 6.45) is 7.57. The topological polar surface area (TPSA) is 38.3 Å². The number of carbonyl (C=O) groups is 1. The fourth-order valence-corrected chi connectivity index (χ4v) is 5.59. The smallest absolute Gasteiger partial charge is 0.223 e. The number of amides is 1. The molecule has 3 heteroatoms. The minimum atomic E-state index is 0.304. The summed E-state index contributed by atoms with van der Waals surface area (Å²) in [7, 11) is 1.68. The van der Waals surface area contributed by atoms with Gasteiger partial charge in [0.05, 0.1) is 7.11 Å². The molecule has 1 N–H and O–H groups in total. The molecule has 4 aliphatic rings. The SMILES string of the molecule is COc1ccc(CCNC(=O)C2C3CC4CC(C3)CC2C4)cc1. The van der Waals surface area contributed by atoms with Gasteiger partial charge in [0.1, 0.15) is 5.75 Å². The largest absolute Gasteiger partial charge is 0.497 e. The lowest BCUT2D eigenvalue weighted by Gasteiger charge is -2.53. The molecule has 4 aliphatic carbocycles. The van der Waals surface area contributed by atoms with Crippen LogP contribution in [0, 0.1) is 29.6 Å². The van der Waals surface area contributed by atoms with E-state index in [9.17, 15) is 4.79 Å². The van der Waals surface area contributed by atoms with Crippen LogP contribution in [0.15, 0.2) is 24.3 Å². The molecular weight excluding hydrogens is 286 g/mol. The Kier molecular flexibility index (Phi) is 4.04. The summed E-state index contributed by atoms with van der Waals surface area (Å²) in [4.78, 5) is 12.7. The number of hydrogen-bond donors (Lipinski definition) is 1. The normalized spacial score (nSPS) is 34.4. The molecule has 4 saturated carbocycles. The third-order valence-electron chi connectivity index (χ3n) is 6.40. The maximum atomic E-state index is 12.7. The molecule has 5 rings (SSSR count). The van der Waals surface area contributed by atoms with Crippen molar-refractivity contribution in [1.29, 1.82) is 0 Å². The first-order valence-electron chi connectivity index (χ1n) is 9.13. The number of methoxy groups -OCH3 is 1. The average Bonchev–Trinajstić information content (AvgIpc) is 2.54. The van der Waals surface area contributed by atoms with Gasteiger partial charge in [-0.05, 0) is 79.9 Å². The van der Waals surface area contributed by atoms with E-state index >= 15 is 0 Å². The van der Waals surface area contributed by atoms with Crippen LogP contribution in [0.1, 0.15) is 37.7 Å². The van der Waals surface area contributed by atoms with Gasteiger partial charge in [0.15, 0.2) is 0 Å². The lowest BCUT2D eigenvalue weighted by molar-refractivity contribution is -0.138. The van der Waals surface area contributed by atoms with Gasteiger partial charge in [0.25, 0.3) is 0 Å². The van der Waals surface area contributed by atoms with E-state index in [1.807, 2.05) is 12.1 Å². The van der Waals surface area contributed by atoms with Crippen LogP contribution in [-0.4, -0.2) is 19.6 Å². The van der Waals surface area contributed by atoms with Gasteiger partial charge in [0, 0.05) is 12.5 Å². The molecule has 1 aromatic carbocycles. The second-order valence-electron chi connectivity index (χ2n) is 7.85. The highest BCUT2D eigenvalue weighted by atomic mass is 16.5. The van der Waals surface area contributed by atoms with E-state index < -0.39 is 0 Å². The Balaban J connectivity index is 1.30. The first-order valence-corrected chi connectivity index (χ1v) is 9.13. The van der Waals surface area contributed by atoms with Crippen LogP contribution >= 0.6 is 0 Å². The van der Waals surface area contributed by atoms with Crippen molar-refractivity contribution in [3.63, 3.8) is 0 Å². The summed E-state index contributed by atoms with van der Waals surface area (Å²) in [5, 5.41) is 3.22. The summed E-state index contributed by atoms with van der Waals surface area (Å²) in [6.45, 7) is 0.744. The molecule has 0 aliphatic heterocycles. The average molecular weight is 313 g/mol. The van der Waals surface area contributed by atoms with Crippen molar-refractivity contribution in [1.82, 2.24) is 5.32 Å². The predicted molar refractivity (Wildman–Crippen MR) is 90.2 cm³/mol. The van der Waals surface area contributed by atoms with Crippen LogP contribution < -0.4 is 10.1 Å². The van der Waals surface area contributed by atoms with Crippen LogP contribution in [0.5, 0.6) is 5.75 Å². The Bertz CT molecular complexity index is 538. The van der Waals surface area contributed by atoms with Crippen molar-refractivity contribution in [2.75, 3.05) is 13.7 Å². The van der Waals surface area contributed by atoms with Gasteiger partial charge < -0.3 is 10.1 Å². The van der Waals surface area contributed by atoms with Gasteiger partial charge in [-0.15, -0.1) is 0 Å². The molecule has 0 heterocycles. The predicted octanol–water partition coefficient (Wildman–Crippen LogP) is 3.43. The lowest BCUT2D eigenvalue weighted by atomic mass is 9.51. The molecule has 124 valence electrons. The van der Waals surface area contributed by atoms with E-state index in [-0.39, 0.29) is 0 Å². The first kappa shape index (κ1) is 15.0. The van der Waals surface area contributed by atoms with Crippen molar-refractivity contribution in [3.8, 4) is 5.75 Å². The van der Waals surface area contributed by atoms with Gasteiger partial charge in [0.2, 0.25) is 5.91 Å². The zero-order valence-corrected chi connectivity index (χ0v) is 14.0. The Morgan fingerprint density at radius 1 is 1.04 bits per heavy atom. The van der Waals surface area contributed by atoms with Crippen molar-refractivity contribution in [2.45, 2.75) is 38.5 Å². The summed E-state index contributed by atoms with van der Waals surface area (Å²) in [5.41, 5.74) is 1.25. The Morgan fingerprint density at radius 3 is 2.22 bits per heavy atom. The van der Waals surface area contributed by atoms with Gasteiger partial charge in [-0.1, -0.05) is 12.1 Å². The molecule has 1 amide bonds. The van der Waals surface area contributed by atoms with Crippen LogP contribution in [-0.2, 0) is 11.2 Å². The number of carbonyl (C=O) groups excluding carboxylic acids is 1. The van der Waals surface area contributed by atoms with Crippen molar-refractivity contribution >= 4 is 5.91 Å². The highest BCUT2D eigenvalue weighted by molar-refractivity contribution is 5.79. The van der Waals surface area contributed by atoms with Crippen molar-refractivity contribution in [3.05, 3.63) is 29.8 Å². The Hall–Kier alpha value is -1.51. The van der Waals surface area contributed by atoms with Gasteiger partial charge >= 0.3 is 0 Å². The zero-order chi connectivity index (χ0) is 15.8. The summed E-state index contributed by atoms with van der Waals surface area (Å²) < 4.78 is 5.18. The highest BCUT2D eigenvalue weighted by Crippen LogP contribution is 2.56. The second-order valence-corrected chi connectivity index (χ2v) is 7.85. The molecule has 4 bridgehead atoms. The van der Waals surface area contributed by atoms with Crippen LogP contribution in [0.25, 0.3) is 0 Å². The molecule has 0 aromatic heterocycles. The molecule has 4 fully saturated rings. The number of nitrogens with one attached hydrogen (secondary N) is 1. The number of benzene rings is 1. The summed E-state index contributed by atoms with van der Waals surface area (Å²) in [5.74, 6) is 4.72. The van der Waals surface area contributed by atoms with Crippen molar-refractivity contribution in [2.24, 2.45) is 29.6 Å². The number of rotatable bonds is 5. The molecule has 0 saturated heterocycles. The molecular formula is C20H27NO2. The molecule has 0 spiro atoms. The zero-order valence-electron chi connectivity index (χ0n) is 14.0. The molecule has 3 nitrogen and oxygen atoms in total. The van der Waals surface area contributed by atoms with E-state index in [1.165, 1.54) is 37.7 Å². The van der Waals surface area contributed by atoms with Crippen LogP contribution in [0.4, 0.5) is 0 Å². The number of hydrogen-bond acceptors (Lipinski definition) is 2. The van der Waals surface area contributed by atoms with Crippen LogP contribution in [0.2, 0.25) is 0 Å². The van der Waals surface area contributed by atoms with Gasteiger partial charge in [-0.2, -0.15) is 0 Å². The van der Waals surface area contributed by atoms with Gasteiger partial charge in [-0.3, -0.25) is 4.79 Å². The van der Waals surface area contributed by atoms with Gasteiger partial charge in [-0.25, -0.2) is 0 Å². The Morgan fingerprint density at radius 2 is 1.65 bits per heavy atom. The molecule has 0 atom stereocenters. The number of ether oxygens (including phenoxy) is 1. The van der Waals surface area contributed by atoms with E-state index in [0.717, 1.165) is 30.6 Å². The second kappa shape index (κ2) is 6.18. The van der Waals surface area contributed by atoms with Crippen molar-refractivity contribution < 1.29 is 9.53 Å². The standard InChI is InChI=1S/C20H27NO2/c1-23-18-4-2-13(3-5-18)6-7-21-20(22)19-16-9-14-8-15(11-16)12-17(19)10-14/h2-5,14-17,19H,6-12H2,1H3,(H,21,22). The fourth-order valence-electron chi connectivity index (χ4n) is 5.59. The minimum Gasteiger partial charge on any atom is -0.497 e. The van der Waals surface area contributed by atoms with Crippen LogP contribution in [0.3, 0.4) is 0 Å². The van der Waals surface area contributed by atoms with E-state index in [1.54, 1.807) is 7.11 Å². The fraction of sp³-hybridized carbons (Fsp3) is 0.650. The monoisotopic (exact) mass is 313 g/mol. The molecule has 0 unspecified atom stereocenters. The first-order chi connectivity index (χ1) is 11.2. The third-order valence-corrected chi connectivity index (χ3v) is 6.40. The molecule has 23 heavy (non-hydrogen) atoms. The summed E-state index contributed by atoms with van der Waals surface area (Å²) >= 11 is 0. The Labute approximate surface area is 138 Å². The summed E-state index contributed by atoms with van der Waals surface area (Å²) in [6, 6.07) is 8.12. The minimum absolute atomic E-state index is 0.304. The molecule has 0 radical (unpaired) electrons. The quantitative estimate of drug-likeness (QED) is 0.904. The maximum Gasteiger partial charge on any atom is 0.223 e. The maximum absolute atomic E-state index is 12.7. The van der Waals surface area contributed by atoms with E-state index in [2.05, 4.69) is 17.4 Å². The molecule has 1 aromatic rings. The lowest BCUT2D eigenvalue weighted by Crippen LogP contribution is -2.51. The van der Waals surface area contributed by atoms with E-state index in [0.29, 0.717) is 23.7 Å². The van der Waals surface area contributed by atoms with E-state index in [4.69, 9.17) is 4.74 Å².